The van der Waals surface area contributed by atoms with Gasteiger partial charge in [-0.3, -0.25) is 19.7 Å². The number of ketones is 1. The molecule has 9 heteroatoms. The van der Waals surface area contributed by atoms with Crippen molar-refractivity contribution in [3.63, 3.8) is 0 Å². The van der Waals surface area contributed by atoms with Gasteiger partial charge in [0.2, 0.25) is 0 Å². The Balaban J connectivity index is 1.85. The van der Waals surface area contributed by atoms with Gasteiger partial charge in [0.1, 0.15) is 17.3 Å². The molecule has 9 nitrogen and oxygen atoms in total. The van der Waals surface area contributed by atoms with Crippen molar-refractivity contribution in [1.29, 1.82) is 0 Å². The van der Waals surface area contributed by atoms with Gasteiger partial charge in [0.25, 0.3) is 17.4 Å². The number of aliphatic hydroxyl groups is 1. The number of carbonyl (C=O) groups excluding carboxylic acids is 2. The Kier molecular flexibility index (Phi) is 5.95. The van der Waals surface area contributed by atoms with E-state index in [0.29, 0.717) is 29.2 Å². The third-order valence-corrected chi connectivity index (χ3v) is 5.28. The second-order valence-corrected chi connectivity index (χ2v) is 7.32. The maximum Gasteiger partial charge on any atom is 0.296 e. The SMILES string of the molecule is CCOc1cccc(/C(O)=C2\C(=O)C(=O)N(Cc3ccco3)C2c2ccc([N+](=O)[O-])cc2)c1. The van der Waals surface area contributed by atoms with Crippen LogP contribution in [-0.4, -0.2) is 33.2 Å². The minimum Gasteiger partial charge on any atom is -0.507 e. The van der Waals surface area contributed by atoms with Gasteiger partial charge in [-0.15, -0.1) is 0 Å². The summed E-state index contributed by atoms with van der Waals surface area (Å²) in [4.78, 5) is 37.8. The van der Waals surface area contributed by atoms with Crippen molar-refractivity contribution in [2.24, 2.45) is 0 Å². The number of benzene rings is 2. The molecule has 1 unspecified atom stereocenters. The summed E-state index contributed by atoms with van der Waals surface area (Å²) in [5.41, 5.74) is 0.498. The second-order valence-electron chi connectivity index (χ2n) is 7.32. The Hall–Kier alpha value is -4.40. The topological polar surface area (TPSA) is 123 Å². The molecular formula is C24H20N2O7. The Labute approximate surface area is 188 Å². The predicted octanol–water partition coefficient (Wildman–Crippen LogP) is 4.21. The first-order valence-electron chi connectivity index (χ1n) is 10.2. The van der Waals surface area contributed by atoms with Crippen molar-refractivity contribution in [1.82, 2.24) is 4.90 Å². The van der Waals surface area contributed by atoms with Gasteiger partial charge < -0.3 is 19.2 Å². The molecule has 2 heterocycles. The molecule has 0 radical (unpaired) electrons. The van der Waals surface area contributed by atoms with Gasteiger partial charge in [0, 0.05) is 17.7 Å². The number of nitrogens with zero attached hydrogens (tertiary/aromatic N) is 2. The lowest BCUT2D eigenvalue weighted by molar-refractivity contribution is -0.384. The van der Waals surface area contributed by atoms with Crippen LogP contribution in [0.3, 0.4) is 0 Å². The van der Waals surface area contributed by atoms with Crippen molar-refractivity contribution in [2.75, 3.05) is 6.61 Å². The van der Waals surface area contributed by atoms with Gasteiger partial charge in [-0.05, 0) is 48.9 Å². The summed E-state index contributed by atoms with van der Waals surface area (Å²) < 4.78 is 10.8. The van der Waals surface area contributed by atoms with E-state index in [-0.39, 0.29) is 23.6 Å². The third-order valence-electron chi connectivity index (χ3n) is 5.28. The van der Waals surface area contributed by atoms with Crippen molar-refractivity contribution in [3.8, 4) is 5.75 Å². The summed E-state index contributed by atoms with van der Waals surface area (Å²) in [6, 6.07) is 14.4. The minimum absolute atomic E-state index is 0.0189. The van der Waals surface area contributed by atoms with Gasteiger partial charge >= 0.3 is 0 Å². The molecule has 1 amide bonds. The van der Waals surface area contributed by atoms with Crippen molar-refractivity contribution in [2.45, 2.75) is 19.5 Å². The van der Waals surface area contributed by atoms with Crippen LogP contribution in [0.5, 0.6) is 5.75 Å². The number of hydrogen-bond donors (Lipinski definition) is 1. The fourth-order valence-corrected chi connectivity index (χ4v) is 3.79. The average molecular weight is 448 g/mol. The van der Waals surface area contributed by atoms with Crippen LogP contribution in [0, 0.1) is 10.1 Å². The molecule has 4 rings (SSSR count). The fraction of sp³-hybridized carbons (Fsp3) is 0.167. The van der Waals surface area contributed by atoms with E-state index < -0.39 is 22.7 Å². The van der Waals surface area contributed by atoms with Gasteiger partial charge in [-0.2, -0.15) is 0 Å². The molecule has 1 aliphatic heterocycles. The largest absolute Gasteiger partial charge is 0.507 e. The van der Waals surface area contributed by atoms with Crippen LogP contribution in [-0.2, 0) is 16.1 Å². The van der Waals surface area contributed by atoms with Crippen molar-refractivity contribution < 1.29 is 28.8 Å². The summed E-state index contributed by atoms with van der Waals surface area (Å²) in [7, 11) is 0. The van der Waals surface area contributed by atoms with Crippen LogP contribution < -0.4 is 4.74 Å². The van der Waals surface area contributed by atoms with E-state index in [1.807, 2.05) is 6.92 Å². The van der Waals surface area contributed by atoms with E-state index in [2.05, 4.69) is 0 Å². The first-order valence-corrected chi connectivity index (χ1v) is 10.2. The number of nitro benzene ring substituents is 1. The molecule has 2 aromatic carbocycles. The number of rotatable bonds is 7. The van der Waals surface area contributed by atoms with Crippen LogP contribution in [0.2, 0.25) is 0 Å². The monoisotopic (exact) mass is 448 g/mol. The van der Waals surface area contributed by atoms with Crippen LogP contribution in [0.1, 0.15) is 29.9 Å². The van der Waals surface area contributed by atoms with E-state index in [4.69, 9.17) is 9.15 Å². The molecule has 33 heavy (non-hydrogen) atoms. The highest BCUT2D eigenvalue weighted by molar-refractivity contribution is 6.46. The third kappa shape index (κ3) is 4.20. The molecule has 1 saturated heterocycles. The summed E-state index contributed by atoms with van der Waals surface area (Å²) in [5.74, 6) is -1.08. The number of ether oxygens (including phenoxy) is 1. The molecular weight excluding hydrogens is 428 g/mol. The highest BCUT2D eigenvalue weighted by Crippen LogP contribution is 2.41. The summed E-state index contributed by atoms with van der Waals surface area (Å²) in [5, 5.41) is 22.2. The van der Waals surface area contributed by atoms with Gasteiger partial charge in [0.05, 0.1) is 36.0 Å². The summed E-state index contributed by atoms with van der Waals surface area (Å²) in [6.07, 6.45) is 1.45. The lowest BCUT2D eigenvalue weighted by Crippen LogP contribution is -2.29. The molecule has 168 valence electrons. The Morgan fingerprint density at radius 3 is 2.55 bits per heavy atom. The summed E-state index contributed by atoms with van der Waals surface area (Å²) >= 11 is 0. The first kappa shape index (κ1) is 21.8. The second kappa shape index (κ2) is 8.99. The number of hydrogen-bond acceptors (Lipinski definition) is 7. The lowest BCUT2D eigenvalue weighted by Gasteiger charge is -2.24. The molecule has 1 aliphatic rings. The van der Waals surface area contributed by atoms with Gasteiger partial charge in [0.15, 0.2) is 0 Å². The number of non-ortho nitro benzene ring substituents is 1. The molecule has 0 aliphatic carbocycles. The summed E-state index contributed by atoms with van der Waals surface area (Å²) in [6.45, 7) is 2.22. The van der Waals surface area contributed by atoms with Gasteiger partial charge in [-0.25, -0.2) is 0 Å². The molecule has 0 saturated carbocycles. The maximum absolute atomic E-state index is 13.0. The fourth-order valence-electron chi connectivity index (χ4n) is 3.79. The van der Waals surface area contributed by atoms with E-state index >= 15 is 0 Å². The number of furan rings is 1. The molecule has 3 aromatic rings. The Morgan fingerprint density at radius 2 is 1.91 bits per heavy atom. The Morgan fingerprint density at radius 1 is 1.15 bits per heavy atom. The number of likely N-dealkylation sites (tertiary alicyclic amines) is 1. The van der Waals surface area contributed by atoms with Crippen LogP contribution in [0.4, 0.5) is 5.69 Å². The zero-order valence-electron chi connectivity index (χ0n) is 17.6. The number of aliphatic hydroxyl groups excluding tert-OH is 1. The highest BCUT2D eigenvalue weighted by atomic mass is 16.6. The van der Waals surface area contributed by atoms with Crippen LogP contribution in [0.15, 0.2) is 76.9 Å². The van der Waals surface area contributed by atoms with Crippen LogP contribution in [0.25, 0.3) is 5.76 Å². The zero-order valence-corrected chi connectivity index (χ0v) is 17.6. The molecule has 1 aromatic heterocycles. The number of Topliss-reactive ketones (excluding diaryl/α,β-unsaturated/α-hetero) is 1. The van der Waals surface area contributed by atoms with E-state index in [0.717, 1.165) is 0 Å². The zero-order chi connectivity index (χ0) is 23.5. The minimum atomic E-state index is -0.966. The molecule has 0 bridgehead atoms. The Bertz CT molecular complexity index is 1230. The van der Waals surface area contributed by atoms with E-state index in [1.165, 1.54) is 35.4 Å². The quantitative estimate of drug-likeness (QED) is 0.189. The highest BCUT2D eigenvalue weighted by Gasteiger charge is 2.46. The van der Waals surface area contributed by atoms with E-state index in [9.17, 15) is 24.8 Å². The normalized spacial score (nSPS) is 17.4. The lowest BCUT2D eigenvalue weighted by atomic mass is 9.95. The first-order chi connectivity index (χ1) is 15.9. The standard InChI is InChI=1S/C24H20N2O7/c1-2-32-18-6-3-5-16(13-18)22(27)20-21(15-8-10-17(11-9-15)26(30)31)25(24(29)23(20)28)14-19-7-4-12-33-19/h3-13,21,27H,2,14H2,1H3/b22-20+. The number of amides is 1. The molecule has 1 fully saturated rings. The molecule has 0 spiro atoms. The van der Waals surface area contributed by atoms with Gasteiger partial charge in [-0.1, -0.05) is 12.1 Å². The average Bonchev–Trinajstić information content (AvgIpc) is 3.41. The van der Waals surface area contributed by atoms with Crippen molar-refractivity contribution in [3.05, 3.63) is 99.5 Å². The smallest absolute Gasteiger partial charge is 0.296 e. The maximum atomic E-state index is 13.0. The van der Waals surface area contributed by atoms with Crippen LogP contribution >= 0.6 is 0 Å². The number of nitro groups is 1. The van der Waals surface area contributed by atoms with E-state index in [1.54, 1.807) is 36.4 Å². The molecule has 1 N–H and O–H groups in total. The number of carbonyl (C=O) groups is 2. The molecule has 1 atom stereocenters. The predicted molar refractivity (Wildman–Crippen MR) is 117 cm³/mol. The van der Waals surface area contributed by atoms with Crippen molar-refractivity contribution >= 4 is 23.1 Å².